The van der Waals surface area contributed by atoms with Gasteiger partial charge in [0.15, 0.2) is 15.0 Å². The summed E-state index contributed by atoms with van der Waals surface area (Å²) in [6, 6.07) is 12.7. The Kier molecular flexibility index (Phi) is 5.64. The van der Waals surface area contributed by atoms with Gasteiger partial charge in [0.2, 0.25) is 0 Å². The van der Waals surface area contributed by atoms with Crippen LogP contribution in [-0.2, 0) is 9.84 Å². The molecule has 3 rings (SSSR count). The fraction of sp³-hybridized carbons (Fsp3) is 0.211. The largest absolute Gasteiger partial charge is 0.396 e. The van der Waals surface area contributed by atoms with E-state index in [-0.39, 0.29) is 34.6 Å². The van der Waals surface area contributed by atoms with Gasteiger partial charge in [-0.25, -0.2) is 17.5 Å². The first kappa shape index (κ1) is 19.5. The summed E-state index contributed by atoms with van der Waals surface area (Å²) in [5.74, 6) is -0.419. The van der Waals surface area contributed by atoms with Crippen LogP contribution in [0.4, 0.5) is 4.39 Å². The van der Waals surface area contributed by atoms with Crippen molar-refractivity contribution in [2.24, 2.45) is 0 Å². The number of aryl methyl sites for hydroxylation is 1. The summed E-state index contributed by atoms with van der Waals surface area (Å²) in [7, 11) is -3.44. The number of aliphatic hydroxyl groups excluding tert-OH is 1. The summed E-state index contributed by atoms with van der Waals surface area (Å²) in [6.45, 7) is 1.49. The van der Waals surface area contributed by atoms with Crippen molar-refractivity contribution in [3.63, 3.8) is 0 Å². The maximum absolute atomic E-state index is 13.6. The smallest absolute Gasteiger partial charge is 0.178 e. The number of hydrogen-bond donors (Lipinski definition) is 1. The molecule has 0 radical (unpaired) electrons. The van der Waals surface area contributed by atoms with Gasteiger partial charge in [0.05, 0.1) is 22.0 Å². The molecule has 5 nitrogen and oxygen atoms in total. The summed E-state index contributed by atoms with van der Waals surface area (Å²) in [4.78, 5) is 0.189. The molecular weight excluding hydrogens is 391 g/mol. The maximum atomic E-state index is 13.6. The Hall–Kier alpha value is -2.22. The molecule has 0 unspecified atom stereocenters. The van der Waals surface area contributed by atoms with Gasteiger partial charge in [-0.3, -0.25) is 0 Å². The summed E-state index contributed by atoms with van der Waals surface area (Å²) in [5, 5.41) is 13.4. The van der Waals surface area contributed by atoms with Gasteiger partial charge in [0.25, 0.3) is 0 Å². The van der Waals surface area contributed by atoms with Crippen LogP contribution in [0.5, 0.6) is 0 Å². The van der Waals surface area contributed by atoms with Crippen LogP contribution in [0.25, 0.3) is 16.9 Å². The van der Waals surface area contributed by atoms with Crippen molar-refractivity contribution in [2.45, 2.75) is 18.2 Å². The number of aromatic nitrogens is 2. The predicted molar refractivity (Wildman–Crippen MR) is 102 cm³/mol. The molecule has 0 saturated heterocycles. The fourth-order valence-corrected chi connectivity index (χ4v) is 4.20. The molecule has 27 heavy (non-hydrogen) atoms. The van der Waals surface area contributed by atoms with Crippen molar-refractivity contribution in [3.8, 4) is 16.9 Å². The Labute approximate surface area is 162 Å². The quantitative estimate of drug-likeness (QED) is 0.673. The summed E-state index contributed by atoms with van der Waals surface area (Å²) < 4.78 is 39.6. The van der Waals surface area contributed by atoms with Gasteiger partial charge < -0.3 is 5.11 Å². The van der Waals surface area contributed by atoms with Crippen molar-refractivity contribution in [1.82, 2.24) is 9.78 Å². The third-order valence-electron chi connectivity index (χ3n) is 4.15. The normalized spacial score (nSPS) is 11.7. The molecule has 0 fully saturated rings. The fourth-order valence-electron chi connectivity index (χ4n) is 2.72. The lowest BCUT2D eigenvalue weighted by atomic mass is 10.1. The molecule has 0 aliphatic heterocycles. The molecule has 0 amide bonds. The Morgan fingerprint density at radius 2 is 1.85 bits per heavy atom. The van der Waals surface area contributed by atoms with Gasteiger partial charge in [-0.2, -0.15) is 5.10 Å². The van der Waals surface area contributed by atoms with Crippen molar-refractivity contribution in [2.75, 3.05) is 12.4 Å². The van der Waals surface area contributed by atoms with E-state index < -0.39 is 9.84 Å². The SMILES string of the molecule is Cc1cc(-n2nc(Cl)cc2-c2ccc(S(=O)(=O)CCCO)cc2)ccc1F. The van der Waals surface area contributed by atoms with Crippen LogP contribution < -0.4 is 0 Å². The first-order chi connectivity index (χ1) is 12.8. The Bertz CT molecular complexity index is 1060. The standard InChI is InChI=1S/C19H18ClFN2O3S/c1-13-11-15(5-8-17(13)21)23-18(12-19(20)22-23)14-3-6-16(7-4-14)27(25,26)10-2-9-24/h3-8,11-12,24H,2,9-10H2,1H3. The lowest BCUT2D eigenvalue weighted by molar-refractivity contribution is 0.295. The van der Waals surface area contributed by atoms with Crippen LogP contribution in [0.15, 0.2) is 53.4 Å². The minimum absolute atomic E-state index is 0.110. The van der Waals surface area contributed by atoms with Crippen molar-refractivity contribution in [3.05, 3.63) is 65.1 Å². The molecule has 3 aromatic rings. The molecule has 0 aliphatic carbocycles. The van der Waals surface area contributed by atoms with E-state index in [9.17, 15) is 12.8 Å². The van der Waals surface area contributed by atoms with E-state index >= 15 is 0 Å². The topological polar surface area (TPSA) is 72.2 Å². The molecule has 0 spiro atoms. The van der Waals surface area contributed by atoms with Crippen LogP contribution >= 0.6 is 11.6 Å². The maximum Gasteiger partial charge on any atom is 0.178 e. The summed E-state index contributed by atoms with van der Waals surface area (Å²) in [6.07, 6.45) is 0.191. The van der Waals surface area contributed by atoms with E-state index in [0.717, 1.165) is 5.56 Å². The number of hydrogen-bond acceptors (Lipinski definition) is 4. The molecular formula is C19H18ClFN2O3S. The first-order valence-corrected chi connectivity index (χ1v) is 10.3. The van der Waals surface area contributed by atoms with Crippen LogP contribution in [0.3, 0.4) is 0 Å². The summed E-state index contributed by atoms with van der Waals surface area (Å²) in [5.41, 5.74) is 2.51. The number of nitrogens with zero attached hydrogens (tertiary/aromatic N) is 2. The minimum atomic E-state index is -3.44. The zero-order valence-corrected chi connectivity index (χ0v) is 16.1. The predicted octanol–water partition coefficient (Wildman–Crippen LogP) is 3.80. The average molecular weight is 409 g/mol. The Morgan fingerprint density at radius 1 is 1.15 bits per heavy atom. The van der Waals surface area contributed by atoms with E-state index in [1.54, 1.807) is 41.9 Å². The lowest BCUT2D eigenvalue weighted by Gasteiger charge is -2.10. The van der Waals surface area contributed by atoms with E-state index in [1.165, 1.54) is 18.2 Å². The molecule has 142 valence electrons. The van der Waals surface area contributed by atoms with Gasteiger partial charge in [0.1, 0.15) is 5.82 Å². The minimum Gasteiger partial charge on any atom is -0.396 e. The van der Waals surface area contributed by atoms with E-state index in [2.05, 4.69) is 5.10 Å². The van der Waals surface area contributed by atoms with Crippen molar-refractivity contribution >= 4 is 21.4 Å². The highest BCUT2D eigenvalue weighted by molar-refractivity contribution is 7.91. The molecule has 0 saturated carbocycles. The van der Waals surface area contributed by atoms with Crippen LogP contribution in [0.2, 0.25) is 5.15 Å². The second-order valence-electron chi connectivity index (χ2n) is 6.12. The highest BCUT2D eigenvalue weighted by Crippen LogP contribution is 2.28. The molecule has 0 aliphatic rings. The molecule has 2 aromatic carbocycles. The number of benzene rings is 2. The van der Waals surface area contributed by atoms with Crippen molar-refractivity contribution in [1.29, 1.82) is 0 Å². The van der Waals surface area contributed by atoms with Gasteiger partial charge in [-0.1, -0.05) is 23.7 Å². The van der Waals surface area contributed by atoms with Crippen molar-refractivity contribution < 1.29 is 17.9 Å². The second kappa shape index (κ2) is 7.80. The number of sulfone groups is 1. The van der Waals surface area contributed by atoms with Crippen LogP contribution in [0, 0.1) is 12.7 Å². The highest BCUT2D eigenvalue weighted by Gasteiger charge is 2.16. The van der Waals surface area contributed by atoms with Gasteiger partial charge in [-0.05, 0) is 49.2 Å². The van der Waals surface area contributed by atoms with E-state index in [0.29, 0.717) is 16.9 Å². The monoisotopic (exact) mass is 408 g/mol. The third-order valence-corrected chi connectivity index (χ3v) is 6.15. The zero-order valence-electron chi connectivity index (χ0n) is 14.6. The number of rotatable bonds is 6. The molecule has 0 atom stereocenters. The van der Waals surface area contributed by atoms with E-state index in [4.69, 9.17) is 16.7 Å². The highest BCUT2D eigenvalue weighted by atomic mass is 35.5. The van der Waals surface area contributed by atoms with E-state index in [1.807, 2.05) is 0 Å². The molecule has 1 heterocycles. The molecule has 8 heteroatoms. The van der Waals surface area contributed by atoms with Crippen LogP contribution in [-0.4, -0.2) is 35.7 Å². The first-order valence-electron chi connectivity index (χ1n) is 8.28. The van der Waals surface area contributed by atoms with Gasteiger partial charge in [-0.15, -0.1) is 0 Å². The number of aliphatic hydroxyl groups is 1. The van der Waals surface area contributed by atoms with Gasteiger partial charge in [0, 0.05) is 18.2 Å². The second-order valence-corrected chi connectivity index (χ2v) is 8.61. The zero-order chi connectivity index (χ0) is 19.6. The Morgan fingerprint density at radius 3 is 2.48 bits per heavy atom. The van der Waals surface area contributed by atoms with Crippen LogP contribution in [0.1, 0.15) is 12.0 Å². The average Bonchev–Trinajstić information content (AvgIpc) is 3.04. The molecule has 0 bridgehead atoms. The molecule has 1 N–H and O–H groups in total. The Balaban J connectivity index is 1.99. The third kappa shape index (κ3) is 4.21. The number of halogens is 2. The molecule has 1 aromatic heterocycles. The lowest BCUT2D eigenvalue weighted by Crippen LogP contribution is -2.08. The van der Waals surface area contributed by atoms with Gasteiger partial charge >= 0.3 is 0 Å². The summed E-state index contributed by atoms with van der Waals surface area (Å²) >= 11 is 6.07.